The van der Waals surface area contributed by atoms with E-state index in [2.05, 4.69) is 0 Å². The van der Waals surface area contributed by atoms with Crippen molar-refractivity contribution in [1.29, 1.82) is 0 Å². The summed E-state index contributed by atoms with van der Waals surface area (Å²) >= 11 is 0. The summed E-state index contributed by atoms with van der Waals surface area (Å²) in [6.45, 7) is 0.264. The molecule has 538 valence electrons. The topological polar surface area (TPSA) is 251 Å². The van der Waals surface area contributed by atoms with Crippen LogP contribution in [0.4, 0.5) is 0 Å². The fourth-order valence-corrected chi connectivity index (χ4v) is 19.2. The van der Waals surface area contributed by atoms with Crippen molar-refractivity contribution in [1.82, 2.24) is 0 Å². The van der Waals surface area contributed by atoms with E-state index >= 15 is 8.42 Å². The zero-order valence-electron chi connectivity index (χ0n) is 56.8. The average molecular weight is 1450 g/mol. The van der Waals surface area contributed by atoms with Gasteiger partial charge in [-0.05, 0) is 106 Å². The molecule has 0 aromatic heterocycles. The Bertz CT molecular complexity index is 4380. The van der Waals surface area contributed by atoms with Crippen molar-refractivity contribution in [3.63, 3.8) is 0 Å². The molecule has 0 saturated carbocycles. The molecule has 2 saturated heterocycles. The van der Waals surface area contributed by atoms with Crippen LogP contribution in [0.3, 0.4) is 0 Å². The number of aliphatic hydroxyl groups excluding tert-OH is 4. The highest BCUT2D eigenvalue weighted by Crippen LogP contribution is 2.50. The molecule has 10 aromatic rings. The van der Waals surface area contributed by atoms with Crippen LogP contribution in [-0.2, 0) is 118 Å². The number of aromatic hydroxyl groups is 1. The van der Waals surface area contributed by atoms with Crippen LogP contribution in [0.1, 0.15) is 55.6 Å². The van der Waals surface area contributed by atoms with Crippen LogP contribution >= 0.6 is 7.60 Å². The third-order valence-corrected chi connectivity index (χ3v) is 25.2. The van der Waals surface area contributed by atoms with Gasteiger partial charge in [0.05, 0.1) is 60.6 Å². The summed E-state index contributed by atoms with van der Waals surface area (Å²) in [5.74, 6) is 0.425. The number of phenolic OH excluding ortho intramolecular Hbond substituents is 1. The Morgan fingerprint density at radius 1 is 0.282 bits per heavy atom. The van der Waals surface area contributed by atoms with E-state index in [-0.39, 0.29) is 77.4 Å². The van der Waals surface area contributed by atoms with E-state index in [1.165, 1.54) is 12.1 Å². The number of hydrogen-bond donors (Lipinski definition) is 5. The molecule has 0 radical (unpaired) electrons. The highest BCUT2D eigenvalue weighted by atomic mass is 32.2. The van der Waals surface area contributed by atoms with Gasteiger partial charge in [-0.25, -0.2) is 16.8 Å². The van der Waals surface area contributed by atoms with Gasteiger partial charge in [0.15, 0.2) is 26.0 Å². The maximum atomic E-state index is 15.2. The standard InChI is InChI=1S/C49H51O10PS.C34H36O7S/c50-46-47(51)49(56-33-40-20-10-3-11-21-40)45(61(53,54)44(30-37-16-6-1-7-17-37)48(46)55-32-39-18-8-2-9-19-39)31-38-26-28-43(29-27-38)57-36-60(52,58-34-41-22-12-4-13-23-41)59-35-42-24-14-5-15-25-42;35-28-18-16-25(17-19-28)21-30-34(41-23-27-14-8-3-9-15-27)32(37)31(36)33(40-22-26-12-6-2-7-13-26)29(42(30,38)39)20-24-10-4-1-5-11-24/h1-29,44-51H,30-36H2;1-19,29-37H,20-23H2/t44-,45-,46-,47-,48+,49+;29-,30-,31-,32-,33+,34+/m11/s1. The van der Waals surface area contributed by atoms with E-state index < -0.39 is 97.1 Å². The van der Waals surface area contributed by atoms with Gasteiger partial charge in [0.2, 0.25) is 0 Å². The first kappa shape index (κ1) is 75.7. The van der Waals surface area contributed by atoms with E-state index in [9.17, 15) is 38.5 Å². The third-order valence-electron chi connectivity index (χ3n) is 18.6. The molecule has 5 N–H and O–H groups in total. The number of sulfone groups is 2. The molecule has 0 spiro atoms. The van der Waals surface area contributed by atoms with Crippen molar-refractivity contribution >= 4 is 27.3 Å². The van der Waals surface area contributed by atoms with Crippen LogP contribution in [0.5, 0.6) is 11.5 Å². The maximum Gasteiger partial charge on any atom is 0.368 e. The fraction of sp³-hybridized carbons (Fsp3) is 0.277. The van der Waals surface area contributed by atoms with Gasteiger partial charge >= 0.3 is 7.60 Å². The molecule has 2 aliphatic heterocycles. The van der Waals surface area contributed by atoms with Crippen LogP contribution in [0.2, 0.25) is 0 Å². The first-order chi connectivity index (χ1) is 50.0. The quantitative estimate of drug-likeness (QED) is 0.0273. The Labute approximate surface area is 603 Å². The first-order valence-electron chi connectivity index (χ1n) is 34.3. The lowest BCUT2D eigenvalue weighted by Gasteiger charge is -2.30. The summed E-state index contributed by atoms with van der Waals surface area (Å²) in [6.07, 6.45) is -11.7. The van der Waals surface area contributed by atoms with Gasteiger partial charge in [-0.15, -0.1) is 0 Å². The lowest BCUT2D eigenvalue weighted by Crippen LogP contribution is -2.49. The largest absolute Gasteiger partial charge is 0.508 e. The van der Waals surface area contributed by atoms with E-state index in [0.29, 0.717) is 16.9 Å². The van der Waals surface area contributed by atoms with Crippen molar-refractivity contribution in [2.45, 2.75) is 135 Å². The highest BCUT2D eigenvalue weighted by Gasteiger charge is 2.56. The van der Waals surface area contributed by atoms with Crippen molar-refractivity contribution in [3.05, 3.63) is 347 Å². The van der Waals surface area contributed by atoms with Gasteiger partial charge in [-0.3, -0.25) is 4.57 Å². The molecule has 10 aromatic carbocycles. The average Bonchev–Trinajstić information content (AvgIpc) is 1.64. The normalized spacial score (nSPS) is 23.0. The van der Waals surface area contributed by atoms with Crippen LogP contribution in [-0.4, -0.2) is 119 Å². The molecule has 2 heterocycles. The molecule has 2 aliphatic rings. The molecule has 0 bridgehead atoms. The Morgan fingerprint density at radius 2 is 0.495 bits per heavy atom. The van der Waals surface area contributed by atoms with Gasteiger partial charge in [0, 0.05) is 0 Å². The smallest absolute Gasteiger partial charge is 0.368 e. The van der Waals surface area contributed by atoms with E-state index in [1.807, 2.05) is 243 Å². The predicted octanol–water partition coefficient (Wildman–Crippen LogP) is 12.7. The molecule has 103 heavy (non-hydrogen) atoms. The van der Waals surface area contributed by atoms with Crippen LogP contribution in [0, 0.1) is 0 Å². The molecule has 0 unspecified atom stereocenters. The van der Waals surface area contributed by atoms with E-state index in [4.69, 9.17) is 32.7 Å². The fourth-order valence-electron chi connectivity index (χ4n) is 12.9. The number of hydrogen-bond acceptors (Lipinski definition) is 17. The maximum absolute atomic E-state index is 15.2. The Kier molecular flexibility index (Phi) is 27.0. The minimum Gasteiger partial charge on any atom is -0.508 e. The molecule has 20 heteroatoms. The van der Waals surface area contributed by atoms with Crippen LogP contribution < -0.4 is 4.74 Å². The Morgan fingerprint density at radius 3 is 0.748 bits per heavy atom. The second-order valence-electron chi connectivity index (χ2n) is 25.8. The van der Waals surface area contributed by atoms with Crippen molar-refractivity contribution < 1.29 is 79.7 Å². The molecule has 12 atom stereocenters. The lowest BCUT2D eigenvalue weighted by atomic mass is 9.94. The van der Waals surface area contributed by atoms with Gasteiger partial charge in [-0.1, -0.05) is 267 Å². The summed E-state index contributed by atoms with van der Waals surface area (Å²) in [7, 11) is -12.1. The minimum absolute atomic E-state index is 0.00567. The molecule has 17 nitrogen and oxygen atoms in total. The second-order valence-corrected chi connectivity index (χ2v) is 32.6. The summed E-state index contributed by atoms with van der Waals surface area (Å²) in [5, 5.41) is 52.0. The highest BCUT2D eigenvalue weighted by molar-refractivity contribution is 7.93. The molecule has 12 rings (SSSR count). The minimum atomic E-state index is -4.24. The molecular formula is C83H87O17PS2. The summed E-state index contributed by atoms with van der Waals surface area (Å²) in [5.41, 5.74) is 7.63. The van der Waals surface area contributed by atoms with Crippen LogP contribution in [0.15, 0.2) is 291 Å². The number of benzene rings is 10. The van der Waals surface area contributed by atoms with Gasteiger partial charge in [-0.2, -0.15) is 0 Å². The van der Waals surface area contributed by atoms with Gasteiger partial charge in [0.25, 0.3) is 0 Å². The molecule has 0 amide bonds. The number of aliphatic hydroxyl groups is 4. The first-order valence-corrected chi connectivity index (χ1v) is 39.3. The van der Waals surface area contributed by atoms with E-state index in [0.717, 1.165) is 44.5 Å². The lowest BCUT2D eigenvalue weighted by molar-refractivity contribution is -0.139. The summed E-state index contributed by atoms with van der Waals surface area (Å²) in [6, 6.07) is 87.4. The summed E-state index contributed by atoms with van der Waals surface area (Å²) in [4.78, 5) is 0. The van der Waals surface area contributed by atoms with Crippen molar-refractivity contribution in [2.75, 3.05) is 6.35 Å². The Balaban J connectivity index is 0.000000221. The van der Waals surface area contributed by atoms with Crippen molar-refractivity contribution in [3.8, 4) is 11.5 Å². The van der Waals surface area contributed by atoms with Gasteiger partial charge in [0.1, 0.15) is 60.3 Å². The van der Waals surface area contributed by atoms with Crippen molar-refractivity contribution in [2.24, 2.45) is 0 Å². The number of ether oxygens (including phenoxy) is 5. The molecule has 0 aliphatic carbocycles. The monoisotopic (exact) mass is 1450 g/mol. The molecule has 2 fully saturated rings. The predicted molar refractivity (Wildman–Crippen MR) is 395 cm³/mol. The third kappa shape index (κ3) is 20.9. The van der Waals surface area contributed by atoms with E-state index in [1.54, 1.807) is 36.4 Å². The van der Waals surface area contributed by atoms with Crippen LogP contribution in [0.25, 0.3) is 0 Å². The SMILES string of the molecule is O=P(COc1ccc(C[C@@H]2[C@H](OCc3ccccc3)[C@H](O)[C@@H](O)[C@@H](OCc3ccccc3)[C@@H](Cc3ccccc3)S2(=O)=O)cc1)(OCc1ccccc1)OCc1ccccc1.O=S1(=O)[C@H](Cc2ccccc2)[C@H](OCc2ccccc2)[C@H](O)[C@@H](O)[C@@H](OCc2ccccc2)[C@H]1Cc1ccc(O)cc1. The zero-order chi connectivity index (χ0) is 72.0. The second kappa shape index (κ2) is 36.8. The zero-order valence-corrected chi connectivity index (χ0v) is 59.3. The van der Waals surface area contributed by atoms with Gasteiger partial charge < -0.3 is 58.3 Å². The molecular weight excluding hydrogens is 1360 g/mol. The number of phenols is 1. The number of rotatable bonds is 29. The Hall–Kier alpha value is -8.47. The summed E-state index contributed by atoms with van der Waals surface area (Å²) < 4.78 is 117.